The van der Waals surface area contributed by atoms with Gasteiger partial charge < -0.3 is 10.1 Å². The van der Waals surface area contributed by atoms with Gasteiger partial charge in [0.15, 0.2) is 0 Å². The quantitative estimate of drug-likeness (QED) is 0.699. The van der Waals surface area contributed by atoms with E-state index in [0.29, 0.717) is 6.04 Å². The molecule has 0 aliphatic carbocycles. The van der Waals surface area contributed by atoms with Crippen LogP contribution in [-0.2, 0) is 0 Å². The number of likely N-dealkylation sites (N-methyl/N-ethyl adjacent to an activating group) is 1. The van der Waals surface area contributed by atoms with E-state index in [0.717, 1.165) is 29.7 Å². The SMILES string of the molecule is CCNC(CCCC(C)C)C(C)Oc1cccc(Cl)c1. The second-order valence-electron chi connectivity index (χ2n) is 5.77. The molecule has 1 N–H and O–H groups in total. The molecular formula is C17H28ClNO. The van der Waals surface area contributed by atoms with Gasteiger partial charge in [-0.25, -0.2) is 0 Å². The number of halogens is 1. The van der Waals surface area contributed by atoms with Crippen molar-refractivity contribution in [3.05, 3.63) is 29.3 Å². The maximum Gasteiger partial charge on any atom is 0.121 e. The highest BCUT2D eigenvalue weighted by Crippen LogP contribution is 2.20. The van der Waals surface area contributed by atoms with Crippen LogP contribution in [0.15, 0.2) is 24.3 Å². The standard InChI is InChI=1S/C17H28ClNO/c1-5-19-17(11-6-8-13(2)3)14(4)20-16-10-7-9-15(18)12-16/h7,9-10,12-14,17,19H,5-6,8,11H2,1-4H3. The Balaban J connectivity index is 2.52. The van der Waals surface area contributed by atoms with Crippen LogP contribution in [0.4, 0.5) is 0 Å². The molecule has 0 aliphatic rings. The minimum atomic E-state index is 0.139. The average molecular weight is 298 g/mol. The van der Waals surface area contributed by atoms with Gasteiger partial charge in [-0.1, -0.05) is 51.3 Å². The highest BCUT2D eigenvalue weighted by Gasteiger charge is 2.17. The average Bonchev–Trinajstić information content (AvgIpc) is 2.37. The lowest BCUT2D eigenvalue weighted by molar-refractivity contribution is 0.163. The summed E-state index contributed by atoms with van der Waals surface area (Å²) in [4.78, 5) is 0. The Kier molecular flexibility index (Phi) is 8.01. The van der Waals surface area contributed by atoms with Crippen LogP contribution in [0.2, 0.25) is 5.02 Å². The zero-order valence-corrected chi connectivity index (χ0v) is 13.9. The van der Waals surface area contributed by atoms with E-state index < -0.39 is 0 Å². The van der Waals surface area contributed by atoms with E-state index >= 15 is 0 Å². The van der Waals surface area contributed by atoms with Crippen LogP contribution in [0.5, 0.6) is 5.75 Å². The van der Waals surface area contributed by atoms with Gasteiger partial charge >= 0.3 is 0 Å². The predicted molar refractivity (Wildman–Crippen MR) is 87.7 cm³/mol. The highest BCUT2D eigenvalue weighted by atomic mass is 35.5. The third-order valence-electron chi connectivity index (χ3n) is 3.45. The summed E-state index contributed by atoms with van der Waals surface area (Å²) < 4.78 is 6.02. The van der Waals surface area contributed by atoms with Crippen LogP contribution in [0.3, 0.4) is 0 Å². The lowest BCUT2D eigenvalue weighted by Gasteiger charge is -2.26. The zero-order valence-electron chi connectivity index (χ0n) is 13.2. The van der Waals surface area contributed by atoms with Crippen LogP contribution >= 0.6 is 11.6 Å². The van der Waals surface area contributed by atoms with Gasteiger partial charge in [-0.3, -0.25) is 0 Å². The fourth-order valence-electron chi connectivity index (χ4n) is 2.35. The molecule has 1 aromatic carbocycles. The summed E-state index contributed by atoms with van der Waals surface area (Å²) in [7, 11) is 0. The second kappa shape index (κ2) is 9.25. The molecule has 0 heterocycles. The van der Waals surface area contributed by atoms with Crippen molar-refractivity contribution in [1.29, 1.82) is 0 Å². The van der Waals surface area contributed by atoms with Crippen molar-refractivity contribution in [2.24, 2.45) is 5.92 Å². The lowest BCUT2D eigenvalue weighted by Crippen LogP contribution is -2.41. The van der Waals surface area contributed by atoms with Gasteiger partial charge in [0.1, 0.15) is 11.9 Å². The number of nitrogens with one attached hydrogen (secondary N) is 1. The van der Waals surface area contributed by atoms with Gasteiger partial charge in [0.05, 0.1) is 0 Å². The van der Waals surface area contributed by atoms with E-state index in [4.69, 9.17) is 16.3 Å². The van der Waals surface area contributed by atoms with Gasteiger partial charge in [-0.2, -0.15) is 0 Å². The van der Waals surface area contributed by atoms with Crippen molar-refractivity contribution in [3.8, 4) is 5.75 Å². The summed E-state index contributed by atoms with van der Waals surface area (Å²) in [5.41, 5.74) is 0. The first kappa shape index (κ1) is 17.3. The molecule has 0 aliphatic heterocycles. The summed E-state index contributed by atoms with van der Waals surface area (Å²) in [5.74, 6) is 1.61. The normalized spacial score (nSPS) is 14.3. The maximum absolute atomic E-state index is 6.02. The Labute approximate surface area is 128 Å². The molecular weight excluding hydrogens is 270 g/mol. The molecule has 0 amide bonds. The number of hydrogen-bond acceptors (Lipinski definition) is 2. The van der Waals surface area contributed by atoms with Crippen molar-refractivity contribution in [1.82, 2.24) is 5.32 Å². The second-order valence-corrected chi connectivity index (χ2v) is 6.21. The van der Waals surface area contributed by atoms with Crippen molar-refractivity contribution < 1.29 is 4.74 Å². The van der Waals surface area contributed by atoms with E-state index in [1.807, 2.05) is 24.3 Å². The number of rotatable bonds is 9. The Morgan fingerprint density at radius 1 is 1.20 bits per heavy atom. The van der Waals surface area contributed by atoms with E-state index in [1.54, 1.807) is 0 Å². The van der Waals surface area contributed by atoms with E-state index in [9.17, 15) is 0 Å². The first-order chi connectivity index (χ1) is 9.52. The van der Waals surface area contributed by atoms with Crippen LogP contribution in [0.25, 0.3) is 0 Å². The van der Waals surface area contributed by atoms with Crippen LogP contribution < -0.4 is 10.1 Å². The summed E-state index contributed by atoms with van der Waals surface area (Å²) in [6, 6.07) is 8.00. The van der Waals surface area contributed by atoms with E-state index in [2.05, 4.69) is 33.0 Å². The van der Waals surface area contributed by atoms with E-state index in [-0.39, 0.29) is 6.10 Å². The van der Waals surface area contributed by atoms with Crippen LogP contribution in [0, 0.1) is 5.92 Å². The fraction of sp³-hybridized carbons (Fsp3) is 0.647. The monoisotopic (exact) mass is 297 g/mol. The Morgan fingerprint density at radius 3 is 2.55 bits per heavy atom. The summed E-state index contributed by atoms with van der Waals surface area (Å²) in [6.45, 7) is 9.78. The van der Waals surface area contributed by atoms with Gasteiger partial charge in [-0.05, 0) is 44.0 Å². The third-order valence-corrected chi connectivity index (χ3v) is 3.68. The molecule has 0 bridgehead atoms. The highest BCUT2D eigenvalue weighted by molar-refractivity contribution is 6.30. The first-order valence-corrected chi connectivity index (χ1v) is 8.06. The number of ether oxygens (including phenoxy) is 1. The number of hydrogen-bond donors (Lipinski definition) is 1. The molecule has 2 nitrogen and oxygen atoms in total. The molecule has 0 saturated carbocycles. The van der Waals surface area contributed by atoms with Gasteiger partial charge in [0.25, 0.3) is 0 Å². The molecule has 3 heteroatoms. The van der Waals surface area contributed by atoms with Crippen molar-refractivity contribution in [3.63, 3.8) is 0 Å². The summed E-state index contributed by atoms with van der Waals surface area (Å²) in [6.07, 6.45) is 3.79. The third kappa shape index (κ3) is 6.62. The predicted octanol–water partition coefficient (Wildman–Crippen LogP) is 4.91. The van der Waals surface area contributed by atoms with Gasteiger partial charge in [0.2, 0.25) is 0 Å². The molecule has 1 rings (SSSR count). The Bertz CT molecular complexity index is 381. The Hall–Kier alpha value is -0.730. The first-order valence-electron chi connectivity index (χ1n) is 7.68. The molecule has 0 spiro atoms. The van der Waals surface area contributed by atoms with Gasteiger partial charge in [0, 0.05) is 11.1 Å². The van der Waals surface area contributed by atoms with Crippen molar-refractivity contribution in [2.75, 3.05) is 6.54 Å². The largest absolute Gasteiger partial charge is 0.489 e. The molecule has 0 fully saturated rings. The topological polar surface area (TPSA) is 21.3 Å². The van der Waals surface area contributed by atoms with Gasteiger partial charge in [-0.15, -0.1) is 0 Å². The molecule has 2 unspecified atom stereocenters. The minimum absolute atomic E-state index is 0.139. The molecule has 1 aromatic rings. The molecule has 20 heavy (non-hydrogen) atoms. The smallest absolute Gasteiger partial charge is 0.121 e. The lowest BCUT2D eigenvalue weighted by atomic mass is 10.0. The summed E-state index contributed by atoms with van der Waals surface area (Å²) >= 11 is 5.99. The zero-order chi connectivity index (χ0) is 15.0. The Morgan fingerprint density at radius 2 is 1.95 bits per heavy atom. The fourth-order valence-corrected chi connectivity index (χ4v) is 2.53. The molecule has 114 valence electrons. The van der Waals surface area contributed by atoms with Crippen molar-refractivity contribution in [2.45, 2.75) is 59.1 Å². The minimum Gasteiger partial charge on any atom is -0.489 e. The molecule has 0 saturated heterocycles. The van der Waals surface area contributed by atoms with E-state index in [1.165, 1.54) is 12.8 Å². The number of benzene rings is 1. The molecule has 2 atom stereocenters. The van der Waals surface area contributed by atoms with Crippen LogP contribution in [0.1, 0.15) is 47.0 Å². The van der Waals surface area contributed by atoms with Crippen LogP contribution in [-0.4, -0.2) is 18.7 Å². The van der Waals surface area contributed by atoms with Crippen molar-refractivity contribution >= 4 is 11.6 Å². The molecule has 0 radical (unpaired) electrons. The molecule has 0 aromatic heterocycles. The summed E-state index contributed by atoms with van der Waals surface area (Å²) in [5, 5.41) is 4.25. The maximum atomic E-state index is 6.02.